The number of amides is 2. The summed E-state index contributed by atoms with van der Waals surface area (Å²) >= 11 is 0. The third-order valence-corrected chi connectivity index (χ3v) is 9.31. The Kier molecular flexibility index (Phi) is 8.15. The van der Waals surface area contributed by atoms with E-state index in [9.17, 15) is 23.1 Å². The smallest absolute Gasteiger partial charge is 0.253 e. The number of nitrogens with zero attached hydrogens (tertiary/aromatic N) is 3. The van der Waals surface area contributed by atoms with E-state index in [1.807, 2.05) is 19.1 Å². The maximum absolute atomic E-state index is 13.7. The molecule has 0 bridgehead atoms. The quantitative estimate of drug-likeness (QED) is 0.576. The van der Waals surface area contributed by atoms with Gasteiger partial charge in [0.1, 0.15) is 16.7 Å². The average Bonchev–Trinajstić information content (AvgIpc) is 3.74. The second-order valence-corrected chi connectivity index (χ2v) is 12.5. The molecule has 2 aromatic carbocycles. The summed E-state index contributed by atoms with van der Waals surface area (Å²) in [6.07, 6.45) is 1.34. The minimum Gasteiger partial charge on any atom is -0.487 e. The van der Waals surface area contributed by atoms with Crippen molar-refractivity contribution in [1.29, 1.82) is 0 Å². The molecule has 206 valence electrons. The van der Waals surface area contributed by atoms with E-state index in [0.29, 0.717) is 12.1 Å². The minimum absolute atomic E-state index is 0.0222. The summed E-state index contributed by atoms with van der Waals surface area (Å²) in [4.78, 5) is 28.1. The van der Waals surface area contributed by atoms with Crippen LogP contribution in [0, 0.1) is 11.8 Å². The monoisotopic (exact) mass is 543 g/mol. The maximum atomic E-state index is 13.7. The zero-order chi connectivity index (χ0) is 27.8. The van der Waals surface area contributed by atoms with Crippen molar-refractivity contribution in [2.75, 3.05) is 40.8 Å². The highest BCUT2D eigenvalue weighted by Gasteiger charge is 2.39. The first-order valence-electron chi connectivity index (χ1n) is 12.9. The van der Waals surface area contributed by atoms with Gasteiger partial charge in [0.25, 0.3) is 5.91 Å². The lowest BCUT2D eigenvalue weighted by Gasteiger charge is -2.37. The van der Waals surface area contributed by atoms with Gasteiger partial charge in [-0.2, -0.15) is 4.31 Å². The largest absolute Gasteiger partial charge is 0.487 e. The lowest BCUT2D eigenvalue weighted by atomic mass is 10.0. The fraction of sp³-hybridized carbons (Fsp3) is 0.500. The third-order valence-electron chi connectivity index (χ3n) is 7.30. The van der Waals surface area contributed by atoms with Crippen LogP contribution in [-0.4, -0.2) is 92.4 Å². The third kappa shape index (κ3) is 5.72. The molecule has 0 aromatic heterocycles. The number of hydrogen-bond acceptors (Lipinski definition) is 6. The first-order valence-corrected chi connectivity index (χ1v) is 14.4. The van der Waals surface area contributed by atoms with E-state index in [1.54, 1.807) is 57.2 Å². The molecule has 0 spiro atoms. The van der Waals surface area contributed by atoms with Crippen LogP contribution in [0.2, 0.25) is 0 Å². The fourth-order valence-electron chi connectivity index (χ4n) is 4.69. The summed E-state index contributed by atoms with van der Waals surface area (Å²) in [5, 5.41) is 9.84. The molecule has 1 aliphatic heterocycles. The van der Waals surface area contributed by atoms with Crippen molar-refractivity contribution >= 4 is 21.8 Å². The standard InChI is InChI=1S/C28H37N3O6S/c1-18-15-31(19(2)17-32)38(35,36)26-13-12-23(20-6-8-21(9-7-20)27(33)29(3)4)14-24(26)37-25(18)16-30(5)28(34)22-10-11-22/h6-9,12-14,18-19,22,25,32H,10-11,15-17H2,1-5H3/t18-,19-,25-/m0/s1. The van der Waals surface area contributed by atoms with E-state index < -0.39 is 22.2 Å². The second-order valence-electron chi connectivity index (χ2n) is 10.7. The normalized spacial score (nSPS) is 21.8. The first-order chi connectivity index (χ1) is 17.9. The van der Waals surface area contributed by atoms with Crippen molar-refractivity contribution in [1.82, 2.24) is 14.1 Å². The fourth-order valence-corrected chi connectivity index (χ4v) is 6.51. The molecule has 1 aliphatic carbocycles. The van der Waals surface area contributed by atoms with Gasteiger partial charge in [0.2, 0.25) is 15.9 Å². The Bertz CT molecular complexity index is 1290. The van der Waals surface area contributed by atoms with Crippen LogP contribution in [0.15, 0.2) is 47.4 Å². The zero-order valence-electron chi connectivity index (χ0n) is 22.6. The number of likely N-dealkylation sites (N-methyl/N-ethyl adjacent to an activating group) is 1. The van der Waals surface area contributed by atoms with Gasteiger partial charge in [0, 0.05) is 51.1 Å². The van der Waals surface area contributed by atoms with E-state index in [-0.39, 0.29) is 47.4 Å². The summed E-state index contributed by atoms with van der Waals surface area (Å²) in [6.45, 7) is 3.74. The molecular formula is C28H37N3O6S. The molecule has 0 saturated heterocycles. The molecule has 0 radical (unpaired) electrons. The van der Waals surface area contributed by atoms with Crippen molar-refractivity contribution in [3.05, 3.63) is 48.0 Å². The van der Waals surface area contributed by atoms with E-state index in [2.05, 4.69) is 0 Å². The van der Waals surface area contributed by atoms with Crippen molar-refractivity contribution in [2.45, 2.75) is 43.7 Å². The van der Waals surface area contributed by atoms with Crippen LogP contribution in [0.1, 0.15) is 37.0 Å². The number of ether oxygens (including phenoxy) is 1. The van der Waals surface area contributed by atoms with E-state index >= 15 is 0 Å². The molecule has 1 fully saturated rings. The number of rotatable bonds is 7. The average molecular weight is 544 g/mol. The van der Waals surface area contributed by atoms with Gasteiger partial charge in [-0.3, -0.25) is 9.59 Å². The molecule has 0 unspecified atom stereocenters. The highest BCUT2D eigenvalue weighted by atomic mass is 32.2. The van der Waals surface area contributed by atoms with Crippen molar-refractivity contribution < 1.29 is 27.9 Å². The number of sulfonamides is 1. The SMILES string of the molecule is C[C@H]1CN([C@@H](C)CO)S(=O)(=O)c2ccc(-c3ccc(C(=O)N(C)C)cc3)cc2O[C@H]1CN(C)C(=O)C1CC1. The van der Waals surface area contributed by atoms with Gasteiger partial charge in [-0.05, 0) is 55.2 Å². The van der Waals surface area contributed by atoms with E-state index in [1.165, 1.54) is 15.3 Å². The molecule has 2 aliphatic rings. The van der Waals surface area contributed by atoms with Gasteiger partial charge >= 0.3 is 0 Å². The Hall–Kier alpha value is -2.95. The van der Waals surface area contributed by atoms with E-state index in [0.717, 1.165) is 24.0 Å². The molecule has 2 aromatic rings. The molecule has 9 nitrogen and oxygen atoms in total. The first kappa shape index (κ1) is 28.1. The summed E-state index contributed by atoms with van der Waals surface area (Å²) in [7, 11) is 1.17. The molecule has 1 N–H and O–H groups in total. The second kappa shape index (κ2) is 11.0. The van der Waals surface area contributed by atoms with Crippen LogP contribution in [0.4, 0.5) is 0 Å². The number of aliphatic hydroxyl groups is 1. The predicted molar refractivity (Wildman–Crippen MR) is 144 cm³/mol. The molecular weight excluding hydrogens is 506 g/mol. The molecule has 4 rings (SSSR count). The summed E-state index contributed by atoms with van der Waals surface area (Å²) < 4.78 is 35.2. The van der Waals surface area contributed by atoms with Crippen LogP contribution in [0.25, 0.3) is 11.1 Å². The number of carbonyl (C=O) groups is 2. The number of aliphatic hydroxyl groups excluding tert-OH is 1. The minimum atomic E-state index is -3.97. The van der Waals surface area contributed by atoms with Crippen molar-refractivity contribution in [3.63, 3.8) is 0 Å². The van der Waals surface area contributed by atoms with Crippen LogP contribution in [0.3, 0.4) is 0 Å². The summed E-state index contributed by atoms with van der Waals surface area (Å²) in [6, 6.07) is 11.4. The summed E-state index contributed by atoms with van der Waals surface area (Å²) in [5.74, 6) is -0.00556. The van der Waals surface area contributed by atoms with Crippen LogP contribution in [0.5, 0.6) is 5.75 Å². The van der Waals surface area contributed by atoms with Gasteiger partial charge in [0.05, 0.1) is 13.2 Å². The Labute approximate surface area is 225 Å². The Morgan fingerprint density at radius 3 is 2.29 bits per heavy atom. The molecule has 3 atom stereocenters. The highest BCUT2D eigenvalue weighted by Crippen LogP contribution is 2.37. The number of carbonyl (C=O) groups excluding carboxylic acids is 2. The van der Waals surface area contributed by atoms with Gasteiger partial charge < -0.3 is 19.6 Å². The number of fused-ring (bicyclic) bond motifs is 1. The van der Waals surface area contributed by atoms with Crippen LogP contribution < -0.4 is 4.74 Å². The Morgan fingerprint density at radius 1 is 1.08 bits per heavy atom. The van der Waals surface area contributed by atoms with Gasteiger partial charge in [-0.15, -0.1) is 0 Å². The predicted octanol–water partition coefficient (Wildman–Crippen LogP) is 2.69. The van der Waals surface area contributed by atoms with E-state index in [4.69, 9.17) is 4.74 Å². The molecule has 10 heteroatoms. The topological polar surface area (TPSA) is 107 Å². The summed E-state index contributed by atoms with van der Waals surface area (Å²) in [5.41, 5.74) is 2.09. The van der Waals surface area contributed by atoms with Crippen LogP contribution in [-0.2, 0) is 14.8 Å². The van der Waals surface area contributed by atoms with Crippen molar-refractivity contribution in [3.8, 4) is 16.9 Å². The Morgan fingerprint density at radius 2 is 1.71 bits per heavy atom. The number of hydrogen-bond donors (Lipinski definition) is 1. The van der Waals surface area contributed by atoms with Gasteiger partial charge in [-0.25, -0.2) is 8.42 Å². The van der Waals surface area contributed by atoms with Gasteiger partial charge in [0.15, 0.2) is 0 Å². The zero-order valence-corrected chi connectivity index (χ0v) is 23.4. The molecule has 2 amide bonds. The number of benzene rings is 2. The molecule has 38 heavy (non-hydrogen) atoms. The van der Waals surface area contributed by atoms with Crippen LogP contribution >= 0.6 is 0 Å². The Balaban J connectivity index is 1.73. The lowest BCUT2D eigenvalue weighted by Crippen LogP contribution is -2.50. The molecule has 1 heterocycles. The maximum Gasteiger partial charge on any atom is 0.253 e. The molecule has 1 saturated carbocycles. The highest BCUT2D eigenvalue weighted by molar-refractivity contribution is 7.89. The van der Waals surface area contributed by atoms with Crippen molar-refractivity contribution in [2.24, 2.45) is 11.8 Å². The van der Waals surface area contributed by atoms with Gasteiger partial charge in [-0.1, -0.05) is 25.1 Å². The lowest BCUT2D eigenvalue weighted by molar-refractivity contribution is -0.132.